The van der Waals surface area contributed by atoms with Crippen LogP contribution in [-0.4, -0.2) is 48.4 Å². The molecule has 0 aliphatic carbocycles. The third-order valence-corrected chi connectivity index (χ3v) is 7.40. The number of carbonyl (C=O) groups excluding carboxylic acids is 4. The molecule has 0 bridgehead atoms. The van der Waals surface area contributed by atoms with Crippen molar-refractivity contribution in [2.24, 2.45) is 0 Å². The van der Waals surface area contributed by atoms with Gasteiger partial charge in [-0.05, 0) is 62.4 Å². The molecule has 5 rings (SSSR count). The quantitative estimate of drug-likeness (QED) is 0.0912. The van der Waals surface area contributed by atoms with E-state index in [2.05, 4.69) is 10.2 Å². The van der Waals surface area contributed by atoms with E-state index in [0.717, 1.165) is 15.5 Å². The highest BCUT2D eigenvalue weighted by atomic mass is 16.6. The second-order valence-corrected chi connectivity index (χ2v) is 10.3. The number of barbiturate groups is 1. The highest BCUT2D eigenvalue weighted by Crippen LogP contribution is 2.33. The maximum Gasteiger partial charge on any atom is 0.343 e. The van der Waals surface area contributed by atoms with Crippen molar-refractivity contribution >= 4 is 58.3 Å². The first kappa shape index (κ1) is 32.1. The van der Waals surface area contributed by atoms with Gasteiger partial charge in [0.25, 0.3) is 23.4 Å². The number of carbonyl (C=O) groups is 4. The standard InChI is InChI=1S/C35H31N5O7/c1-3-37(4-2)28-19-18-24(31(22-28)47-23-32(41)36-25-12-11-17-29(21-25)40(45)46)20-30-33(42)38(26-13-7-5-8-14-26)35(44)39(34(30)43)27-15-9-6-10-16-27/h5-22H,3-4,23H2,1-2H3,(H,36,41). The van der Waals surface area contributed by atoms with Gasteiger partial charge in [-0.3, -0.25) is 24.5 Å². The molecule has 0 aromatic heterocycles. The summed E-state index contributed by atoms with van der Waals surface area (Å²) in [6.07, 6.45) is 1.35. The minimum atomic E-state index is -0.819. The van der Waals surface area contributed by atoms with E-state index in [0.29, 0.717) is 18.7 Å². The normalized spacial score (nSPS) is 13.0. The van der Waals surface area contributed by atoms with Gasteiger partial charge >= 0.3 is 6.03 Å². The molecule has 4 aromatic rings. The zero-order valence-corrected chi connectivity index (χ0v) is 25.7. The molecule has 238 valence electrons. The number of anilines is 4. The Morgan fingerprint density at radius 1 is 0.830 bits per heavy atom. The lowest BCUT2D eigenvalue weighted by molar-refractivity contribution is -0.384. The minimum Gasteiger partial charge on any atom is -0.483 e. The molecule has 5 amide bonds. The van der Waals surface area contributed by atoms with Crippen molar-refractivity contribution in [3.8, 4) is 5.75 Å². The molecule has 0 spiro atoms. The van der Waals surface area contributed by atoms with Crippen LogP contribution < -0.4 is 24.8 Å². The van der Waals surface area contributed by atoms with Gasteiger partial charge in [0, 0.05) is 48.2 Å². The maximum atomic E-state index is 13.9. The van der Waals surface area contributed by atoms with Gasteiger partial charge in [-0.15, -0.1) is 0 Å². The fraction of sp³-hybridized carbons (Fsp3) is 0.143. The molecule has 1 aliphatic rings. The van der Waals surface area contributed by atoms with Crippen LogP contribution in [0.2, 0.25) is 0 Å². The number of non-ortho nitro benzene ring substituents is 1. The lowest BCUT2D eigenvalue weighted by Gasteiger charge is -2.34. The lowest BCUT2D eigenvalue weighted by Crippen LogP contribution is -2.57. The molecule has 1 fully saturated rings. The largest absolute Gasteiger partial charge is 0.483 e. The summed E-state index contributed by atoms with van der Waals surface area (Å²) in [5.41, 5.74) is 1.41. The number of nitrogens with one attached hydrogen (secondary N) is 1. The van der Waals surface area contributed by atoms with Crippen LogP contribution in [0, 0.1) is 10.1 Å². The highest BCUT2D eigenvalue weighted by molar-refractivity contribution is 6.46. The Labute approximate surface area is 270 Å². The number of benzene rings is 4. The number of hydrogen-bond donors (Lipinski definition) is 1. The van der Waals surface area contributed by atoms with Gasteiger partial charge in [0.2, 0.25) is 0 Å². The molecular formula is C35H31N5O7. The Morgan fingerprint density at radius 2 is 1.43 bits per heavy atom. The molecule has 47 heavy (non-hydrogen) atoms. The second-order valence-electron chi connectivity index (χ2n) is 10.3. The third kappa shape index (κ3) is 7.01. The molecule has 0 unspecified atom stereocenters. The van der Waals surface area contributed by atoms with E-state index in [1.54, 1.807) is 72.8 Å². The zero-order chi connectivity index (χ0) is 33.5. The van der Waals surface area contributed by atoms with E-state index < -0.39 is 35.3 Å². The first-order valence-corrected chi connectivity index (χ1v) is 14.8. The van der Waals surface area contributed by atoms with Crippen molar-refractivity contribution in [3.05, 3.63) is 124 Å². The van der Waals surface area contributed by atoms with Crippen LogP contribution in [0.15, 0.2) is 109 Å². The molecule has 4 aromatic carbocycles. The summed E-state index contributed by atoms with van der Waals surface area (Å²) >= 11 is 0. The summed E-state index contributed by atoms with van der Waals surface area (Å²) in [5.74, 6) is -2.02. The van der Waals surface area contributed by atoms with E-state index in [1.807, 2.05) is 19.9 Å². The van der Waals surface area contributed by atoms with E-state index in [4.69, 9.17) is 4.74 Å². The number of nitro benzene ring substituents is 1. The molecule has 1 aliphatic heterocycles. The SMILES string of the molecule is CCN(CC)c1ccc(C=C2C(=O)N(c3ccccc3)C(=O)N(c3ccccc3)C2=O)c(OCC(=O)Nc2cccc([N+](=O)[O-])c2)c1. The Morgan fingerprint density at radius 3 is 1.98 bits per heavy atom. The van der Waals surface area contributed by atoms with Gasteiger partial charge in [-0.2, -0.15) is 0 Å². The number of hydrogen-bond acceptors (Lipinski definition) is 8. The second kappa shape index (κ2) is 14.2. The average Bonchev–Trinajstić information content (AvgIpc) is 3.08. The summed E-state index contributed by atoms with van der Waals surface area (Å²) in [5, 5.41) is 13.7. The molecule has 12 nitrogen and oxygen atoms in total. The van der Waals surface area contributed by atoms with Crippen LogP contribution in [0.5, 0.6) is 5.75 Å². The molecule has 0 radical (unpaired) electrons. The number of ether oxygens (including phenoxy) is 1. The van der Waals surface area contributed by atoms with Crippen LogP contribution in [0.1, 0.15) is 19.4 Å². The molecule has 0 atom stereocenters. The van der Waals surface area contributed by atoms with Crippen LogP contribution in [-0.2, 0) is 14.4 Å². The third-order valence-electron chi connectivity index (χ3n) is 7.40. The predicted molar refractivity (Wildman–Crippen MR) is 178 cm³/mol. The predicted octanol–water partition coefficient (Wildman–Crippen LogP) is 6.04. The van der Waals surface area contributed by atoms with Crippen LogP contribution in [0.3, 0.4) is 0 Å². The summed E-state index contributed by atoms with van der Waals surface area (Å²) in [6.45, 7) is 4.85. The summed E-state index contributed by atoms with van der Waals surface area (Å²) in [7, 11) is 0. The number of nitro groups is 1. The van der Waals surface area contributed by atoms with Gasteiger partial charge in [0.1, 0.15) is 11.3 Å². The first-order chi connectivity index (χ1) is 22.7. The molecule has 1 N–H and O–H groups in total. The molecule has 0 saturated carbocycles. The van der Waals surface area contributed by atoms with Gasteiger partial charge in [0.05, 0.1) is 16.3 Å². The highest BCUT2D eigenvalue weighted by Gasteiger charge is 2.43. The van der Waals surface area contributed by atoms with Gasteiger partial charge < -0.3 is 15.0 Å². The monoisotopic (exact) mass is 633 g/mol. The Bertz CT molecular complexity index is 1790. The van der Waals surface area contributed by atoms with Crippen molar-refractivity contribution in [2.45, 2.75) is 13.8 Å². The first-order valence-electron chi connectivity index (χ1n) is 14.8. The van der Waals surface area contributed by atoms with E-state index in [1.165, 1.54) is 30.3 Å². The van der Waals surface area contributed by atoms with Crippen molar-refractivity contribution in [1.82, 2.24) is 0 Å². The fourth-order valence-corrected chi connectivity index (χ4v) is 5.08. The molecule has 12 heteroatoms. The number of rotatable bonds is 11. The van der Waals surface area contributed by atoms with Gasteiger partial charge in [0.15, 0.2) is 6.61 Å². The smallest absolute Gasteiger partial charge is 0.343 e. The number of urea groups is 1. The van der Waals surface area contributed by atoms with Crippen molar-refractivity contribution in [2.75, 3.05) is 39.7 Å². The van der Waals surface area contributed by atoms with Gasteiger partial charge in [-0.1, -0.05) is 42.5 Å². The number of amides is 5. The summed E-state index contributed by atoms with van der Waals surface area (Å²) < 4.78 is 5.95. The van der Waals surface area contributed by atoms with Crippen molar-refractivity contribution in [1.29, 1.82) is 0 Å². The van der Waals surface area contributed by atoms with E-state index in [9.17, 15) is 29.3 Å². The van der Waals surface area contributed by atoms with Crippen LogP contribution in [0.4, 0.5) is 33.2 Å². The number of para-hydroxylation sites is 2. The molecular weight excluding hydrogens is 602 g/mol. The minimum absolute atomic E-state index is 0.182. The average molecular weight is 634 g/mol. The number of nitrogens with zero attached hydrogens (tertiary/aromatic N) is 4. The Hall–Kier alpha value is -6.30. The fourth-order valence-electron chi connectivity index (χ4n) is 5.08. The topological polar surface area (TPSA) is 142 Å². The van der Waals surface area contributed by atoms with Gasteiger partial charge in [-0.25, -0.2) is 14.6 Å². The van der Waals surface area contributed by atoms with Crippen LogP contribution in [0.25, 0.3) is 6.08 Å². The molecule has 1 saturated heterocycles. The van der Waals surface area contributed by atoms with Crippen LogP contribution >= 0.6 is 0 Å². The van der Waals surface area contributed by atoms with E-state index >= 15 is 0 Å². The Balaban J connectivity index is 1.53. The lowest BCUT2D eigenvalue weighted by atomic mass is 10.0. The summed E-state index contributed by atoms with van der Waals surface area (Å²) in [4.78, 5) is 68.8. The van der Waals surface area contributed by atoms with E-state index in [-0.39, 0.29) is 34.1 Å². The summed E-state index contributed by atoms with van der Waals surface area (Å²) in [6, 6.07) is 26.5. The van der Waals surface area contributed by atoms with Crippen molar-refractivity contribution in [3.63, 3.8) is 0 Å². The maximum absolute atomic E-state index is 13.9. The Kier molecular flexibility index (Phi) is 9.70. The van der Waals surface area contributed by atoms with Crippen molar-refractivity contribution < 1.29 is 28.8 Å². The number of imide groups is 2. The zero-order valence-electron chi connectivity index (χ0n) is 25.7. The molecule has 1 heterocycles.